The van der Waals surface area contributed by atoms with Crippen molar-refractivity contribution >= 4 is 26.4 Å². The molecule has 0 aliphatic rings. The number of hydrogen-bond acceptors (Lipinski definition) is 4. The normalized spacial score (nSPS) is 12.1. The third-order valence-corrected chi connectivity index (χ3v) is 6.79. The van der Waals surface area contributed by atoms with E-state index in [-0.39, 0.29) is 17.9 Å². The average Bonchev–Trinajstić information content (AvgIpc) is 3.05. The topological polar surface area (TPSA) is 73.4 Å². The van der Waals surface area contributed by atoms with E-state index < -0.39 is 9.84 Å². The van der Waals surface area contributed by atoms with Gasteiger partial charge in [0.2, 0.25) is 0 Å². The van der Waals surface area contributed by atoms with Gasteiger partial charge in [-0.05, 0) is 50.1 Å². The summed E-state index contributed by atoms with van der Waals surface area (Å²) in [7, 11) is -3.53. The number of aryl methyl sites for hydroxylation is 4. The lowest BCUT2D eigenvalue weighted by Gasteiger charge is -2.12. The molecule has 0 unspecified atom stereocenters. The average molecular weight is 395 g/mol. The van der Waals surface area contributed by atoms with E-state index in [9.17, 15) is 13.2 Å². The van der Waals surface area contributed by atoms with E-state index in [0.29, 0.717) is 27.0 Å². The molecule has 6 nitrogen and oxygen atoms in total. The van der Waals surface area contributed by atoms with Gasteiger partial charge >= 0.3 is 0 Å². The van der Waals surface area contributed by atoms with E-state index in [2.05, 4.69) is 5.10 Å². The molecule has 0 saturated heterocycles. The van der Waals surface area contributed by atoms with E-state index in [1.54, 1.807) is 35.7 Å². The molecule has 0 aliphatic carbocycles. The van der Waals surface area contributed by atoms with Gasteiger partial charge < -0.3 is 0 Å². The Labute approximate surface area is 163 Å². The third kappa shape index (κ3) is 3.01. The highest BCUT2D eigenvalue weighted by Gasteiger charge is 2.19. The minimum absolute atomic E-state index is 0.0635. The molecule has 4 aromatic rings. The number of benzene rings is 2. The van der Waals surface area contributed by atoms with E-state index >= 15 is 0 Å². The molecule has 2 heterocycles. The molecule has 0 saturated carbocycles. The number of rotatable bonds is 4. The Balaban J connectivity index is 1.83. The van der Waals surface area contributed by atoms with Crippen LogP contribution in [0.15, 0.2) is 58.2 Å². The predicted molar refractivity (Wildman–Crippen MR) is 110 cm³/mol. The third-order valence-electron chi connectivity index (χ3n) is 4.96. The van der Waals surface area contributed by atoms with Crippen molar-refractivity contribution in [3.05, 3.63) is 75.7 Å². The molecule has 0 spiro atoms. The standard InChI is InChI=1S/C21H21N3O3S/c1-14-8-9-15(2)19(12-14)28(26,27)11-10-23-20-13-16(3)22-24(20)18-7-5-4-6-17(18)21(23)25/h4-9,12-13H,10-11H2,1-3H3. The van der Waals surface area contributed by atoms with Crippen LogP contribution in [-0.4, -0.2) is 28.4 Å². The van der Waals surface area contributed by atoms with Crippen molar-refractivity contribution in [2.45, 2.75) is 32.2 Å². The highest BCUT2D eigenvalue weighted by molar-refractivity contribution is 7.91. The SMILES string of the molecule is Cc1ccc(C)c(S(=O)(=O)CCn2c(=O)c3ccccc3n3nc(C)cc23)c1. The molecular weight excluding hydrogens is 374 g/mol. The van der Waals surface area contributed by atoms with Crippen molar-refractivity contribution in [2.24, 2.45) is 0 Å². The van der Waals surface area contributed by atoms with Crippen LogP contribution in [0.2, 0.25) is 0 Å². The summed E-state index contributed by atoms with van der Waals surface area (Å²) in [4.78, 5) is 13.4. The molecule has 28 heavy (non-hydrogen) atoms. The molecule has 4 rings (SSSR count). The lowest BCUT2D eigenvalue weighted by Crippen LogP contribution is -2.26. The highest BCUT2D eigenvalue weighted by Crippen LogP contribution is 2.19. The van der Waals surface area contributed by atoms with Gasteiger partial charge in [-0.3, -0.25) is 9.36 Å². The van der Waals surface area contributed by atoms with Gasteiger partial charge in [-0.15, -0.1) is 0 Å². The van der Waals surface area contributed by atoms with Gasteiger partial charge in [0.05, 0.1) is 27.2 Å². The number of aromatic nitrogens is 3. The number of nitrogens with zero attached hydrogens (tertiary/aromatic N) is 3. The van der Waals surface area contributed by atoms with Gasteiger partial charge in [-0.2, -0.15) is 5.10 Å². The molecular formula is C21H21N3O3S. The maximum absolute atomic E-state index is 13.1. The molecule has 7 heteroatoms. The lowest BCUT2D eigenvalue weighted by molar-refractivity contribution is 0.587. The van der Waals surface area contributed by atoms with Crippen LogP contribution in [0.3, 0.4) is 0 Å². The highest BCUT2D eigenvalue weighted by atomic mass is 32.2. The second-order valence-electron chi connectivity index (χ2n) is 7.12. The molecule has 0 bridgehead atoms. The summed E-state index contributed by atoms with van der Waals surface area (Å²) >= 11 is 0. The quantitative estimate of drug-likeness (QED) is 0.532. The van der Waals surface area contributed by atoms with Gasteiger partial charge in [0.15, 0.2) is 9.84 Å². The van der Waals surface area contributed by atoms with Crippen molar-refractivity contribution in [1.82, 2.24) is 14.2 Å². The number of para-hydroxylation sites is 1. The van der Waals surface area contributed by atoms with Crippen LogP contribution in [0.5, 0.6) is 0 Å². The second-order valence-corrected chi connectivity index (χ2v) is 9.20. The maximum Gasteiger partial charge on any atom is 0.261 e. The first kappa shape index (κ1) is 18.4. The van der Waals surface area contributed by atoms with Crippen LogP contribution < -0.4 is 5.56 Å². The van der Waals surface area contributed by atoms with Gasteiger partial charge in [-0.1, -0.05) is 24.3 Å². The Morgan fingerprint density at radius 3 is 2.54 bits per heavy atom. The van der Waals surface area contributed by atoms with Crippen LogP contribution in [0.4, 0.5) is 0 Å². The molecule has 0 N–H and O–H groups in total. The lowest BCUT2D eigenvalue weighted by atomic mass is 10.2. The fourth-order valence-corrected chi connectivity index (χ4v) is 5.09. The summed E-state index contributed by atoms with van der Waals surface area (Å²) in [6.45, 7) is 5.56. The van der Waals surface area contributed by atoms with E-state index in [0.717, 1.165) is 11.3 Å². The summed E-state index contributed by atoms with van der Waals surface area (Å²) < 4.78 is 29.1. The number of hydrogen-bond donors (Lipinski definition) is 0. The van der Waals surface area contributed by atoms with Gasteiger partial charge in [0.25, 0.3) is 5.56 Å². The zero-order valence-electron chi connectivity index (χ0n) is 16.0. The Kier molecular flexibility index (Phi) is 4.34. The van der Waals surface area contributed by atoms with Gasteiger partial charge in [0.1, 0.15) is 5.65 Å². The maximum atomic E-state index is 13.1. The zero-order valence-corrected chi connectivity index (χ0v) is 16.8. The first-order valence-electron chi connectivity index (χ1n) is 9.06. The fraction of sp³-hybridized carbons (Fsp3) is 0.238. The number of sulfone groups is 1. The van der Waals surface area contributed by atoms with Gasteiger partial charge in [-0.25, -0.2) is 12.9 Å². The van der Waals surface area contributed by atoms with Crippen LogP contribution in [0.25, 0.3) is 16.6 Å². The molecule has 0 atom stereocenters. The summed E-state index contributed by atoms with van der Waals surface area (Å²) in [6.07, 6.45) is 0. The molecule has 0 radical (unpaired) electrons. The molecule has 0 aliphatic heterocycles. The summed E-state index contributed by atoms with van der Waals surface area (Å²) in [6, 6.07) is 14.4. The second kappa shape index (κ2) is 6.60. The van der Waals surface area contributed by atoms with Crippen molar-refractivity contribution in [2.75, 3.05) is 5.75 Å². The van der Waals surface area contributed by atoms with Crippen LogP contribution in [0.1, 0.15) is 16.8 Å². The smallest absolute Gasteiger partial charge is 0.261 e. The first-order valence-corrected chi connectivity index (χ1v) is 10.7. The van der Waals surface area contributed by atoms with Crippen molar-refractivity contribution < 1.29 is 8.42 Å². The zero-order chi connectivity index (χ0) is 20.1. The first-order chi connectivity index (χ1) is 13.3. The van der Waals surface area contributed by atoms with Crippen molar-refractivity contribution in [1.29, 1.82) is 0 Å². The summed E-state index contributed by atoms with van der Waals surface area (Å²) in [5.41, 5.74) is 3.46. The molecule has 144 valence electrons. The minimum Gasteiger partial charge on any atom is -0.291 e. The number of fused-ring (bicyclic) bond motifs is 3. The van der Waals surface area contributed by atoms with Crippen LogP contribution in [0, 0.1) is 20.8 Å². The molecule has 0 amide bonds. The molecule has 2 aromatic carbocycles. The summed E-state index contributed by atoms with van der Waals surface area (Å²) in [5.74, 6) is -0.157. The molecule has 0 fully saturated rings. The van der Waals surface area contributed by atoms with E-state index in [4.69, 9.17) is 0 Å². The van der Waals surface area contributed by atoms with Gasteiger partial charge in [0, 0.05) is 12.6 Å². The Bertz CT molecular complexity index is 1380. The Hall–Kier alpha value is -2.93. The predicted octanol–water partition coefficient (Wildman–Crippen LogP) is 3.05. The minimum atomic E-state index is -3.53. The van der Waals surface area contributed by atoms with Crippen LogP contribution in [-0.2, 0) is 16.4 Å². The Morgan fingerprint density at radius 2 is 1.75 bits per heavy atom. The summed E-state index contributed by atoms with van der Waals surface area (Å²) in [5, 5.41) is 4.99. The fourth-order valence-electron chi connectivity index (χ4n) is 3.52. The van der Waals surface area contributed by atoms with Crippen molar-refractivity contribution in [3.8, 4) is 0 Å². The monoisotopic (exact) mass is 395 g/mol. The largest absolute Gasteiger partial charge is 0.291 e. The van der Waals surface area contributed by atoms with Crippen molar-refractivity contribution in [3.63, 3.8) is 0 Å². The van der Waals surface area contributed by atoms with E-state index in [1.165, 1.54) is 4.57 Å². The van der Waals surface area contributed by atoms with Crippen LogP contribution >= 0.6 is 0 Å². The molecule has 2 aromatic heterocycles. The van der Waals surface area contributed by atoms with E-state index in [1.807, 2.05) is 38.1 Å². The Morgan fingerprint density at radius 1 is 1.00 bits per heavy atom.